The molecular weight excluding hydrogens is 250 g/mol. The highest BCUT2D eigenvalue weighted by Gasteiger charge is 2.15. The lowest BCUT2D eigenvalue weighted by Gasteiger charge is -2.16. The number of hydrogen-bond donors (Lipinski definition) is 1. The first-order chi connectivity index (χ1) is 9.54. The van der Waals surface area contributed by atoms with E-state index in [-0.39, 0.29) is 0 Å². The van der Waals surface area contributed by atoms with Crippen molar-refractivity contribution in [1.29, 1.82) is 0 Å². The van der Waals surface area contributed by atoms with Crippen LogP contribution in [0.1, 0.15) is 35.3 Å². The molecule has 0 spiro atoms. The minimum atomic E-state index is 0.292. The van der Waals surface area contributed by atoms with Crippen molar-refractivity contribution in [2.45, 2.75) is 33.4 Å². The van der Waals surface area contributed by atoms with Crippen LogP contribution in [0.25, 0.3) is 0 Å². The van der Waals surface area contributed by atoms with Crippen LogP contribution in [0, 0.1) is 13.8 Å². The Morgan fingerprint density at radius 2 is 2.00 bits per heavy atom. The molecule has 108 valence electrons. The monoisotopic (exact) mass is 273 g/mol. The van der Waals surface area contributed by atoms with Crippen LogP contribution in [0.4, 0.5) is 0 Å². The largest absolute Gasteiger partial charge is 0.481 e. The molecule has 0 unspecified atom stereocenters. The van der Waals surface area contributed by atoms with Crippen LogP contribution in [-0.4, -0.2) is 16.9 Å². The van der Waals surface area contributed by atoms with Gasteiger partial charge in [-0.1, -0.05) is 24.3 Å². The molecule has 0 aliphatic heterocycles. The molecule has 0 bridgehead atoms. The number of aromatic nitrogens is 2. The highest BCUT2D eigenvalue weighted by atomic mass is 16.5. The predicted molar refractivity (Wildman–Crippen MR) is 80.9 cm³/mol. The zero-order chi connectivity index (χ0) is 14.7. The van der Waals surface area contributed by atoms with Crippen LogP contribution in [0.2, 0.25) is 0 Å². The summed E-state index contributed by atoms with van der Waals surface area (Å²) in [6, 6.07) is 8.75. The van der Waals surface area contributed by atoms with Gasteiger partial charge in [-0.05, 0) is 31.9 Å². The van der Waals surface area contributed by atoms with Crippen molar-refractivity contribution in [1.82, 2.24) is 15.1 Å². The number of ether oxygens (including phenoxy) is 1. The smallest absolute Gasteiger partial charge is 0.216 e. The van der Waals surface area contributed by atoms with Gasteiger partial charge in [-0.2, -0.15) is 5.10 Å². The molecule has 0 fully saturated rings. The summed E-state index contributed by atoms with van der Waals surface area (Å²) in [5.74, 6) is 0.826. The maximum atomic E-state index is 5.42. The van der Waals surface area contributed by atoms with Crippen LogP contribution in [0.3, 0.4) is 0 Å². The number of aryl methyl sites for hydroxylation is 3. The van der Waals surface area contributed by atoms with Gasteiger partial charge in [-0.25, -0.2) is 4.68 Å². The summed E-state index contributed by atoms with van der Waals surface area (Å²) in [5.41, 5.74) is 4.76. The summed E-state index contributed by atoms with van der Waals surface area (Å²) >= 11 is 0. The maximum absolute atomic E-state index is 5.42. The zero-order valence-corrected chi connectivity index (χ0v) is 12.9. The van der Waals surface area contributed by atoms with Crippen molar-refractivity contribution in [2.24, 2.45) is 7.05 Å². The predicted octanol–water partition coefficient (Wildman–Crippen LogP) is 2.90. The Morgan fingerprint density at radius 1 is 1.30 bits per heavy atom. The SMILES string of the molecule is COc1c(CN[C@H](C)c2ccccc2C)c(C)nn1C. The van der Waals surface area contributed by atoms with Crippen molar-refractivity contribution in [2.75, 3.05) is 7.11 Å². The Bertz CT molecular complexity index is 589. The first-order valence-electron chi connectivity index (χ1n) is 6.90. The second kappa shape index (κ2) is 6.09. The molecule has 0 aliphatic carbocycles. The molecule has 0 saturated heterocycles. The third kappa shape index (κ3) is 2.85. The van der Waals surface area contributed by atoms with Gasteiger partial charge in [0.2, 0.25) is 5.88 Å². The van der Waals surface area contributed by atoms with E-state index in [9.17, 15) is 0 Å². The molecular formula is C16H23N3O. The Hall–Kier alpha value is -1.81. The molecule has 1 atom stereocenters. The van der Waals surface area contributed by atoms with Gasteiger partial charge in [0, 0.05) is 19.6 Å². The van der Waals surface area contributed by atoms with E-state index in [0.29, 0.717) is 6.04 Å². The maximum Gasteiger partial charge on any atom is 0.216 e. The van der Waals surface area contributed by atoms with Gasteiger partial charge in [0.15, 0.2) is 0 Å². The molecule has 1 heterocycles. The van der Waals surface area contributed by atoms with E-state index in [1.807, 2.05) is 14.0 Å². The quantitative estimate of drug-likeness (QED) is 0.910. The topological polar surface area (TPSA) is 39.1 Å². The van der Waals surface area contributed by atoms with Crippen molar-refractivity contribution in [3.63, 3.8) is 0 Å². The molecule has 1 aromatic carbocycles. The molecule has 0 saturated carbocycles. The van der Waals surface area contributed by atoms with Crippen molar-refractivity contribution in [3.8, 4) is 5.88 Å². The Balaban J connectivity index is 2.11. The summed E-state index contributed by atoms with van der Waals surface area (Å²) in [7, 11) is 3.59. The molecule has 4 nitrogen and oxygen atoms in total. The minimum absolute atomic E-state index is 0.292. The van der Waals surface area contributed by atoms with Crippen LogP contribution in [-0.2, 0) is 13.6 Å². The summed E-state index contributed by atoms with van der Waals surface area (Å²) in [6.07, 6.45) is 0. The third-order valence-corrected chi connectivity index (χ3v) is 3.72. The number of rotatable bonds is 5. The zero-order valence-electron chi connectivity index (χ0n) is 12.9. The molecule has 2 rings (SSSR count). The summed E-state index contributed by atoms with van der Waals surface area (Å²) in [4.78, 5) is 0. The molecule has 4 heteroatoms. The minimum Gasteiger partial charge on any atom is -0.481 e. The average Bonchev–Trinajstić information content (AvgIpc) is 2.70. The second-order valence-electron chi connectivity index (χ2n) is 5.16. The summed E-state index contributed by atoms with van der Waals surface area (Å²) < 4.78 is 7.20. The molecule has 1 aromatic heterocycles. The van der Waals surface area contributed by atoms with Crippen LogP contribution >= 0.6 is 0 Å². The number of benzene rings is 1. The molecule has 2 aromatic rings. The van der Waals surface area contributed by atoms with Crippen molar-refractivity contribution < 1.29 is 4.74 Å². The second-order valence-corrected chi connectivity index (χ2v) is 5.16. The standard InChI is InChI=1S/C16H23N3O/c1-11-8-6-7-9-14(11)12(2)17-10-15-13(3)18-19(4)16(15)20-5/h6-9,12,17H,10H2,1-5H3/t12-/m1/s1. The number of hydrogen-bond acceptors (Lipinski definition) is 3. The van der Waals surface area contributed by atoms with E-state index in [2.05, 4.69) is 48.5 Å². The van der Waals surface area contributed by atoms with E-state index in [1.165, 1.54) is 11.1 Å². The fraction of sp³-hybridized carbons (Fsp3) is 0.438. The van der Waals surface area contributed by atoms with Gasteiger partial charge in [0.05, 0.1) is 18.4 Å². The lowest BCUT2D eigenvalue weighted by molar-refractivity contribution is 0.367. The summed E-state index contributed by atoms with van der Waals surface area (Å²) in [5, 5.41) is 7.95. The Morgan fingerprint density at radius 3 is 2.65 bits per heavy atom. The fourth-order valence-electron chi connectivity index (χ4n) is 2.58. The van der Waals surface area contributed by atoms with Crippen LogP contribution in [0.5, 0.6) is 5.88 Å². The Labute approximate surface area is 120 Å². The average molecular weight is 273 g/mol. The third-order valence-electron chi connectivity index (χ3n) is 3.72. The summed E-state index contributed by atoms with van der Waals surface area (Å²) in [6.45, 7) is 7.08. The van der Waals surface area contributed by atoms with Crippen molar-refractivity contribution in [3.05, 3.63) is 46.6 Å². The van der Waals surface area contributed by atoms with Crippen molar-refractivity contribution >= 4 is 0 Å². The first kappa shape index (κ1) is 14.6. The van der Waals surface area contributed by atoms with E-state index in [0.717, 1.165) is 23.7 Å². The lowest BCUT2D eigenvalue weighted by Crippen LogP contribution is -2.19. The highest BCUT2D eigenvalue weighted by molar-refractivity contribution is 5.32. The number of nitrogens with one attached hydrogen (secondary N) is 1. The van der Waals surface area contributed by atoms with Gasteiger partial charge in [-0.3, -0.25) is 0 Å². The van der Waals surface area contributed by atoms with Gasteiger partial charge in [-0.15, -0.1) is 0 Å². The van der Waals surface area contributed by atoms with Crippen LogP contribution in [0.15, 0.2) is 24.3 Å². The molecule has 0 aliphatic rings. The van der Waals surface area contributed by atoms with Crippen LogP contribution < -0.4 is 10.1 Å². The molecule has 20 heavy (non-hydrogen) atoms. The fourth-order valence-corrected chi connectivity index (χ4v) is 2.58. The lowest BCUT2D eigenvalue weighted by atomic mass is 10.0. The first-order valence-corrected chi connectivity index (χ1v) is 6.90. The van der Waals surface area contributed by atoms with Gasteiger partial charge in [0.1, 0.15) is 0 Å². The molecule has 0 amide bonds. The molecule has 0 radical (unpaired) electrons. The Kier molecular flexibility index (Phi) is 4.45. The molecule has 1 N–H and O–H groups in total. The van der Waals surface area contributed by atoms with Gasteiger partial charge < -0.3 is 10.1 Å². The van der Waals surface area contributed by atoms with E-state index in [1.54, 1.807) is 11.8 Å². The normalized spacial score (nSPS) is 12.4. The highest BCUT2D eigenvalue weighted by Crippen LogP contribution is 2.23. The van der Waals surface area contributed by atoms with E-state index in [4.69, 9.17) is 4.74 Å². The van der Waals surface area contributed by atoms with Gasteiger partial charge in [0.25, 0.3) is 0 Å². The number of nitrogens with zero attached hydrogens (tertiary/aromatic N) is 2. The number of methoxy groups -OCH3 is 1. The van der Waals surface area contributed by atoms with E-state index < -0.39 is 0 Å². The van der Waals surface area contributed by atoms with E-state index >= 15 is 0 Å². The van der Waals surface area contributed by atoms with Gasteiger partial charge >= 0.3 is 0 Å².